The molecule has 1 atom stereocenters. The molecule has 0 fully saturated rings. The van der Waals surface area contributed by atoms with Crippen molar-refractivity contribution in [1.82, 2.24) is 0 Å². The van der Waals surface area contributed by atoms with E-state index in [1.807, 2.05) is 37.3 Å². The number of hydrogen-bond acceptors (Lipinski definition) is 3. The number of nitrogens with two attached hydrogens (primary N) is 1. The normalized spacial score (nSPS) is 12.1. The Morgan fingerprint density at radius 2 is 1.50 bits per heavy atom. The molecular weight excluding hydrogens is 274 g/mol. The molecule has 0 spiro atoms. The van der Waals surface area contributed by atoms with Crippen LogP contribution in [-0.2, 0) is 0 Å². The molecule has 0 aromatic heterocycles. The van der Waals surface area contributed by atoms with E-state index in [0.717, 1.165) is 22.4 Å². The fraction of sp³-hybridized carbons (Fsp3) is 0.250. The fourth-order valence-corrected chi connectivity index (χ4v) is 2.29. The zero-order valence-corrected chi connectivity index (χ0v) is 12.6. The van der Waals surface area contributed by atoms with Gasteiger partial charge in [0.05, 0.1) is 25.3 Å². The zero-order chi connectivity index (χ0) is 14.7. The van der Waals surface area contributed by atoms with E-state index >= 15 is 0 Å². The van der Waals surface area contributed by atoms with Gasteiger partial charge in [0, 0.05) is 0 Å². The minimum Gasteiger partial charge on any atom is -0.496 e. The number of hydrogen-bond donors (Lipinski definition) is 1. The first-order valence-electron chi connectivity index (χ1n) is 6.30. The summed E-state index contributed by atoms with van der Waals surface area (Å²) in [6.07, 6.45) is 0. The van der Waals surface area contributed by atoms with E-state index in [-0.39, 0.29) is 6.04 Å². The second-order valence-electron chi connectivity index (χ2n) is 4.60. The summed E-state index contributed by atoms with van der Waals surface area (Å²) in [5.74, 6) is 1.46. The van der Waals surface area contributed by atoms with Crippen molar-refractivity contribution in [3.63, 3.8) is 0 Å². The number of ether oxygens (including phenoxy) is 2. The first-order valence-corrected chi connectivity index (χ1v) is 6.68. The van der Waals surface area contributed by atoms with Crippen LogP contribution in [-0.4, -0.2) is 14.2 Å². The lowest BCUT2D eigenvalue weighted by molar-refractivity contribution is 0.411. The number of benzene rings is 2. The molecule has 2 aromatic rings. The Hall–Kier alpha value is -1.71. The average Bonchev–Trinajstić information content (AvgIpc) is 2.47. The summed E-state index contributed by atoms with van der Waals surface area (Å²) in [5.41, 5.74) is 9.32. The molecule has 0 heterocycles. The molecule has 3 nitrogen and oxygen atoms in total. The summed E-state index contributed by atoms with van der Waals surface area (Å²) in [6.45, 7) is 2.00. The van der Waals surface area contributed by atoms with Gasteiger partial charge in [0.1, 0.15) is 11.5 Å². The van der Waals surface area contributed by atoms with Crippen LogP contribution < -0.4 is 15.2 Å². The van der Waals surface area contributed by atoms with Crippen molar-refractivity contribution in [3.8, 4) is 11.5 Å². The molecule has 0 aliphatic rings. The molecule has 0 saturated heterocycles. The van der Waals surface area contributed by atoms with Crippen molar-refractivity contribution in [3.05, 3.63) is 58.1 Å². The van der Waals surface area contributed by atoms with Crippen LogP contribution in [0.2, 0.25) is 5.02 Å². The predicted molar refractivity (Wildman–Crippen MR) is 81.8 cm³/mol. The average molecular weight is 292 g/mol. The summed E-state index contributed by atoms with van der Waals surface area (Å²) in [5, 5.41) is 0.574. The molecule has 2 aromatic carbocycles. The molecular formula is C16H18ClNO2. The number of methoxy groups -OCH3 is 2. The molecule has 0 amide bonds. The van der Waals surface area contributed by atoms with Crippen molar-refractivity contribution in [2.24, 2.45) is 5.73 Å². The van der Waals surface area contributed by atoms with E-state index in [1.165, 1.54) is 0 Å². The van der Waals surface area contributed by atoms with Crippen molar-refractivity contribution >= 4 is 11.6 Å². The first-order chi connectivity index (χ1) is 9.56. The molecule has 0 aliphatic carbocycles. The maximum absolute atomic E-state index is 6.31. The maximum Gasteiger partial charge on any atom is 0.137 e. The molecule has 0 radical (unpaired) electrons. The third-order valence-corrected chi connectivity index (χ3v) is 3.64. The van der Waals surface area contributed by atoms with Gasteiger partial charge in [-0.1, -0.05) is 29.8 Å². The number of halogens is 1. The molecule has 20 heavy (non-hydrogen) atoms. The van der Waals surface area contributed by atoms with Crippen molar-refractivity contribution in [2.75, 3.05) is 14.2 Å². The van der Waals surface area contributed by atoms with E-state index in [2.05, 4.69) is 0 Å². The van der Waals surface area contributed by atoms with E-state index in [9.17, 15) is 0 Å². The predicted octanol–water partition coefficient (Wildman–Crippen LogP) is 3.71. The monoisotopic (exact) mass is 291 g/mol. The topological polar surface area (TPSA) is 44.5 Å². The Morgan fingerprint density at radius 3 is 2.10 bits per heavy atom. The molecule has 2 N–H and O–H groups in total. The van der Waals surface area contributed by atoms with E-state index in [0.29, 0.717) is 10.8 Å². The highest BCUT2D eigenvalue weighted by Crippen LogP contribution is 2.31. The molecule has 106 valence electrons. The summed E-state index contributed by atoms with van der Waals surface area (Å²) in [4.78, 5) is 0. The Kier molecular flexibility index (Phi) is 4.53. The molecule has 0 bridgehead atoms. The summed E-state index contributed by atoms with van der Waals surface area (Å²) < 4.78 is 10.6. The van der Waals surface area contributed by atoms with Gasteiger partial charge in [-0.15, -0.1) is 0 Å². The van der Waals surface area contributed by atoms with Gasteiger partial charge in [-0.3, -0.25) is 0 Å². The zero-order valence-electron chi connectivity index (χ0n) is 11.8. The van der Waals surface area contributed by atoms with Gasteiger partial charge in [0.25, 0.3) is 0 Å². The lowest BCUT2D eigenvalue weighted by Crippen LogP contribution is -2.12. The lowest BCUT2D eigenvalue weighted by atomic mass is 9.98. The third kappa shape index (κ3) is 2.89. The lowest BCUT2D eigenvalue weighted by Gasteiger charge is -2.16. The maximum atomic E-state index is 6.31. The fourth-order valence-electron chi connectivity index (χ4n) is 2.09. The van der Waals surface area contributed by atoms with Gasteiger partial charge in [-0.05, 0) is 41.8 Å². The largest absolute Gasteiger partial charge is 0.496 e. The van der Waals surface area contributed by atoms with Crippen LogP contribution in [0.1, 0.15) is 22.7 Å². The Labute approximate surface area is 124 Å². The molecule has 0 aliphatic heterocycles. The minimum absolute atomic E-state index is 0.254. The first kappa shape index (κ1) is 14.7. The minimum atomic E-state index is -0.254. The van der Waals surface area contributed by atoms with Gasteiger partial charge in [-0.25, -0.2) is 0 Å². The van der Waals surface area contributed by atoms with Crippen LogP contribution in [0.5, 0.6) is 11.5 Å². The van der Waals surface area contributed by atoms with E-state index in [4.69, 9.17) is 26.8 Å². The van der Waals surface area contributed by atoms with Crippen LogP contribution in [0.4, 0.5) is 0 Å². The van der Waals surface area contributed by atoms with Gasteiger partial charge >= 0.3 is 0 Å². The second kappa shape index (κ2) is 6.16. The standard InChI is InChI=1S/C16H18ClNO2/c1-10-4-5-11(8-14(10)19-2)16(18)12-6-7-13(17)15(9-12)20-3/h4-9,16H,18H2,1-3H3. The summed E-state index contributed by atoms with van der Waals surface area (Å²) in [7, 11) is 3.24. The van der Waals surface area contributed by atoms with Crippen molar-refractivity contribution in [1.29, 1.82) is 0 Å². The Bertz CT molecular complexity index is 560. The van der Waals surface area contributed by atoms with Crippen molar-refractivity contribution < 1.29 is 9.47 Å². The van der Waals surface area contributed by atoms with Gasteiger partial charge in [-0.2, -0.15) is 0 Å². The molecule has 2 rings (SSSR count). The van der Waals surface area contributed by atoms with Gasteiger partial charge < -0.3 is 15.2 Å². The highest BCUT2D eigenvalue weighted by molar-refractivity contribution is 6.32. The van der Waals surface area contributed by atoms with Crippen LogP contribution >= 0.6 is 11.6 Å². The van der Waals surface area contributed by atoms with Crippen LogP contribution in [0.3, 0.4) is 0 Å². The van der Waals surface area contributed by atoms with Crippen LogP contribution in [0.15, 0.2) is 36.4 Å². The smallest absolute Gasteiger partial charge is 0.137 e. The molecule has 1 unspecified atom stereocenters. The van der Waals surface area contributed by atoms with Crippen LogP contribution in [0, 0.1) is 6.92 Å². The third-order valence-electron chi connectivity index (χ3n) is 3.33. The molecule has 0 saturated carbocycles. The summed E-state index contributed by atoms with van der Waals surface area (Å²) in [6, 6.07) is 11.3. The van der Waals surface area contributed by atoms with Gasteiger partial charge in [0.15, 0.2) is 0 Å². The Morgan fingerprint density at radius 1 is 0.950 bits per heavy atom. The molecule has 4 heteroatoms. The number of aryl methyl sites for hydroxylation is 1. The van der Waals surface area contributed by atoms with E-state index in [1.54, 1.807) is 20.3 Å². The highest BCUT2D eigenvalue weighted by atomic mass is 35.5. The van der Waals surface area contributed by atoms with Gasteiger partial charge in [0.2, 0.25) is 0 Å². The van der Waals surface area contributed by atoms with Crippen LogP contribution in [0.25, 0.3) is 0 Å². The second-order valence-corrected chi connectivity index (χ2v) is 5.01. The quantitative estimate of drug-likeness (QED) is 0.934. The summed E-state index contributed by atoms with van der Waals surface area (Å²) >= 11 is 6.03. The number of rotatable bonds is 4. The highest BCUT2D eigenvalue weighted by Gasteiger charge is 2.13. The Balaban J connectivity index is 2.38. The van der Waals surface area contributed by atoms with Crippen molar-refractivity contribution in [2.45, 2.75) is 13.0 Å². The van der Waals surface area contributed by atoms with E-state index < -0.39 is 0 Å². The SMILES string of the molecule is COc1cc(C(N)c2ccc(Cl)c(OC)c2)ccc1C.